The summed E-state index contributed by atoms with van der Waals surface area (Å²) in [7, 11) is -0.455. The second-order valence-electron chi connectivity index (χ2n) is 8.69. The summed E-state index contributed by atoms with van der Waals surface area (Å²) in [6.07, 6.45) is -0.148. The van der Waals surface area contributed by atoms with Crippen LogP contribution in [-0.4, -0.2) is 65.2 Å². The lowest BCUT2D eigenvalue weighted by molar-refractivity contribution is 0.0281. The van der Waals surface area contributed by atoms with Crippen LogP contribution < -0.4 is 14.8 Å². The van der Waals surface area contributed by atoms with Gasteiger partial charge in [0.15, 0.2) is 0 Å². The average molecular weight is 476 g/mol. The number of ether oxygens (including phenoxy) is 2. The third-order valence-corrected chi connectivity index (χ3v) is 7.21. The van der Waals surface area contributed by atoms with Gasteiger partial charge in [-0.15, -0.1) is 0 Å². The Labute approximate surface area is 196 Å². The zero-order chi connectivity index (χ0) is 24.2. The van der Waals surface area contributed by atoms with E-state index in [9.17, 15) is 13.2 Å². The highest BCUT2D eigenvalue weighted by molar-refractivity contribution is 7.92. The zero-order valence-electron chi connectivity index (χ0n) is 19.8. The molecule has 0 saturated heterocycles. The zero-order valence-corrected chi connectivity index (χ0v) is 20.6. The van der Waals surface area contributed by atoms with E-state index in [0.717, 1.165) is 12.1 Å². The fourth-order valence-corrected chi connectivity index (χ4v) is 4.70. The molecule has 0 unspecified atom stereocenters. The second-order valence-corrected chi connectivity index (χ2v) is 10.4. The van der Waals surface area contributed by atoms with Gasteiger partial charge in [0.25, 0.3) is 15.9 Å². The molecule has 2 aromatic rings. The summed E-state index contributed by atoms with van der Waals surface area (Å²) in [5.41, 5.74) is 1.54. The number of sulfonamides is 1. The van der Waals surface area contributed by atoms with Crippen LogP contribution in [0.5, 0.6) is 5.75 Å². The van der Waals surface area contributed by atoms with Gasteiger partial charge in [0.05, 0.1) is 16.6 Å². The van der Waals surface area contributed by atoms with Crippen molar-refractivity contribution in [1.82, 2.24) is 10.2 Å². The lowest BCUT2D eigenvalue weighted by Crippen LogP contribution is -2.44. The molecule has 3 atom stereocenters. The van der Waals surface area contributed by atoms with Crippen LogP contribution in [-0.2, 0) is 14.8 Å². The molecule has 0 fully saturated rings. The summed E-state index contributed by atoms with van der Waals surface area (Å²) in [4.78, 5) is 15.1. The van der Waals surface area contributed by atoms with Gasteiger partial charge in [-0.05, 0) is 50.1 Å². The number of aryl methyl sites for hydroxylation is 1. The Bertz CT molecular complexity index is 1070. The van der Waals surface area contributed by atoms with Crippen LogP contribution in [0.15, 0.2) is 47.4 Å². The van der Waals surface area contributed by atoms with Crippen LogP contribution in [0, 0.1) is 12.8 Å². The molecular weight excluding hydrogens is 442 g/mol. The van der Waals surface area contributed by atoms with Gasteiger partial charge in [-0.1, -0.05) is 24.6 Å². The molecule has 0 aliphatic carbocycles. The third-order valence-electron chi connectivity index (χ3n) is 5.81. The minimum absolute atomic E-state index is 0.0600. The van der Waals surface area contributed by atoms with Crippen LogP contribution in [0.1, 0.15) is 29.8 Å². The Kier molecular flexibility index (Phi) is 7.99. The van der Waals surface area contributed by atoms with Gasteiger partial charge < -0.3 is 19.7 Å². The second kappa shape index (κ2) is 10.5. The third kappa shape index (κ3) is 6.25. The molecule has 0 spiro atoms. The highest BCUT2D eigenvalue weighted by Crippen LogP contribution is 2.27. The number of amides is 1. The molecule has 180 valence electrons. The normalized spacial score (nSPS) is 22.5. The van der Waals surface area contributed by atoms with Crippen molar-refractivity contribution in [3.05, 3.63) is 53.6 Å². The van der Waals surface area contributed by atoms with Crippen molar-refractivity contribution in [3.8, 4) is 5.75 Å². The Morgan fingerprint density at radius 2 is 1.85 bits per heavy atom. The van der Waals surface area contributed by atoms with E-state index in [0.29, 0.717) is 18.9 Å². The summed E-state index contributed by atoms with van der Waals surface area (Å²) < 4.78 is 39.8. The first-order chi connectivity index (χ1) is 15.6. The number of hydrogen-bond donors (Lipinski definition) is 2. The molecule has 0 bridgehead atoms. The number of nitrogens with one attached hydrogen (secondary N) is 2. The summed E-state index contributed by atoms with van der Waals surface area (Å²) in [5, 5.41) is 3.44. The van der Waals surface area contributed by atoms with E-state index in [1.807, 2.05) is 13.8 Å². The Hall–Kier alpha value is -2.62. The molecule has 1 aliphatic rings. The first-order valence-electron chi connectivity index (χ1n) is 11.0. The largest absolute Gasteiger partial charge is 0.491 e. The van der Waals surface area contributed by atoms with Crippen LogP contribution in [0.25, 0.3) is 0 Å². The number of fused-ring (bicyclic) bond motifs is 1. The molecule has 9 heteroatoms. The van der Waals surface area contributed by atoms with Gasteiger partial charge in [-0.3, -0.25) is 9.52 Å². The molecule has 33 heavy (non-hydrogen) atoms. The number of carbonyl (C=O) groups is 1. The molecule has 1 heterocycles. The SMILES string of the molecule is CO[C@@H]1CN(C)C(=O)c2cc(NS(=O)(=O)c3ccc(C)cc3)ccc2OC[C@H](C)NC[C@@H]1C. The smallest absolute Gasteiger partial charge is 0.261 e. The van der Waals surface area contributed by atoms with Gasteiger partial charge in [0.2, 0.25) is 0 Å². The molecule has 8 nitrogen and oxygen atoms in total. The molecule has 1 aliphatic heterocycles. The fourth-order valence-electron chi connectivity index (χ4n) is 3.66. The summed E-state index contributed by atoms with van der Waals surface area (Å²) >= 11 is 0. The van der Waals surface area contributed by atoms with Crippen molar-refractivity contribution in [2.24, 2.45) is 5.92 Å². The average Bonchev–Trinajstić information content (AvgIpc) is 2.78. The van der Waals surface area contributed by atoms with Crippen molar-refractivity contribution in [2.45, 2.75) is 37.8 Å². The van der Waals surface area contributed by atoms with E-state index in [-0.39, 0.29) is 40.1 Å². The summed E-state index contributed by atoms with van der Waals surface area (Å²) in [6.45, 7) is 7.47. The topological polar surface area (TPSA) is 97.0 Å². The first-order valence-corrected chi connectivity index (χ1v) is 12.5. The number of benzene rings is 2. The van der Waals surface area contributed by atoms with E-state index in [4.69, 9.17) is 9.47 Å². The number of anilines is 1. The standard InChI is InChI=1S/C24H33N3O5S/c1-16-6-9-20(10-7-16)33(29,30)26-19-8-11-22-21(12-19)24(28)27(4)14-23(31-5)17(2)13-25-18(3)15-32-22/h6-12,17-18,23,25-26H,13-15H2,1-5H3/t17-,18-,23+/m0/s1. The van der Waals surface area contributed by atoms with Crippen LogP contribution in [0.3, 0.4) is 0 Å². The van der Waals surface area contributed by atoms with E-state index >= 15 is 0 Å². The number of hydrogen-bond acceptors (Lipinski definition) is 6. The maximum atomic E-state index is 13.3. The molecule has 3 rings (SSSR count). The van der Waals surface area contributed by atoms with E-state index in [1.54, 1.807) is 55.5 Å². The van der Waals surface area contributed by atoms with Crippen molar-refractivity contribution in [3.63, 3.8) is 0 Å². The predicted octanol–water partition coefficient (Wildman–Crippen LogP) is 2.89. The molecule has 0 aromatic heterocycles. The highest BCUT2D eigenvalue weighted by atomic mass is 32.2. The maximum Gasteiger partial charge on any atom is 0.261 e. The van der Waals surface area contributed by atoms with E-state index in [1.165, 1.54) is 6.07 Å². The Balaban J connectivity index is 1.93. The van der Waals surface area contributed by atoms with Gasteiger partial charge in [-0.25, -0.2) is 8.42 Å². The van der Waals surface area contributed by atoms with Crippen molar-refractivity contribution in [2.75, 3.05) is 38.6 Å². The van der Waals surface area contributed by atoms with Crippen molar-refractivity contribution >= 4 is 21.6 Å². The molecule has 0 radical (unpaired) electrons. The van der Waals surface area contributed by atoms with E-state index < -0.39 is 10.0 Å². The summed E-state index contributed by atoms with van der Waals surface area (Å²) in [5.74, 6) is 0.317. The van der Waals surface area contributed by atoms with E-state index in [2.05, 4.69) is 17.0 Å². The monoisotopic (exact) mass is 475 g/mol. The lowest BCUT2D eigenvalue weighted by Gasteiger charge is -2.30. The highest BCUT2D eigenvalue weighted by Gasteiger charge is 2.26. The maximum absolute atomic E-state index is 13.3. The van der Waals surface area contributed by atoms with Gasteiger partial charge in [-0.2, -0.15) is 0 Å². The predicted molar refractivity (Wildman–Crippen MR) is 128 cm³/mol. The van der Waals surface area contributed by atoms with Crippen LogP contribution in [0.2, 0.25) is 0 Å². The number of carbonyl (C=O) groups excluding carboxylic acids is 1. The molecule has 2 N–H and O–H groups in total. The quantitative estimate of drug-likeness (QED) is 0.706. The molecule has 1 amide bonds. The Morgan fingerprint density at radius 3 is 2.52 bits per heavy atom. The van der Waals surface area contributed by atoms with Crippen molar-refractivity contribution < 1.29 is 22.7 Å². The lowest BCUT2D eigenvalue weighted by atomic mass is 10.0. The number of likely N-dealkylation sites (N-methyl/N-ethyl adjacent to an activating group) is 1. The van der Waals surface area contributed by atoms with Gasteiger partial charge >= 0.3 is 0 Å². The van der Waals surface area contributed by atoms with Crippen LogP contribution >= 0.6 is 0 Å². The Morgan fingerprint density at radius 1 is 1.15 bits per heavy atom. The molecule has 0 saturated carbocycles. The van der Waals surface area contributed by atoms with Gasteiger partial charge in [0.1, 0.15) is 12.4 Å². The number of methoxy groups -OCH3 is 1. The fraction of sp³-hybridized carbons (Fsp3) is 0.458. The first kappa shape index (κ1) is 25.0. The van der Waals surface area contributed by atoms with Crippen molar-refractivity contribution in [1.29, 1.82) is 0 Å². The number of nitrogens with zero attached hydrogens (tertiary/aromatic N) is 1. The summed E-state index contributed by atoms with van der Waals surface area (Å²) in [6, 6.07) is 11.4. The van der Waals surface area contributed by atoms with Crippen LogP contribution in [0.4, 0.5) is 5.69 Å². The minimum atomic E-state index is -3.80. The molecular formula is C24H33N3O5S. The minimum Gasteiger partial charge on any atom is -0.491 e. The van der Waals surface area contributed by atoms with Gasteiger partial charge in [0, 0.05) is 39.0 Å². The molecule has 2 aromatic carbocycles. The number of rotatable bonds is 4.